The average Bonchev–Trinajstić information content (AvgIpc) is 3.10. The van der Waals surface area contributed by atoms with Gasteiger partial charge in [0.25, 0.3) is 0 Å². The Hall–Kier alpha value is -2.59. The molecule has 0 saturated heterocycles. The second-order valence-electron chi connectivity index (χ2n) is 8.99. The van der Waals surface area contributed by atoms with E-state index < -0.39 is 0 Å². The standard InChI is InChI=1S/C26H29NO3/c1-17(2)19-10-8-18(9-11-19)14-24-25(28)21-12-13-23-22(26(21)30-24)15-27(16-29-23)20-6-4-3-5-7-20/h8-14,17,20H,3-7,15-16H2,1-2H3/b24-14+. The summed E-state index contributed by atoms with van der Waals surface area (Å²) in [5.74, 6) is 2.36. The lowest BCUT2D eigenvalue weighted by Gasteiger charge is -2.37. The van der Waals surface area contributed by atoms with E-state index in [1.165, 1.54) is 37.7 Å². The molecule has 2 heterocycles. The maximum Gasteiger partial charge on any atom is 0.231 e. The topological polar surface area (TPSA) is 38.8 Å². The molecular weight excluding hydrogens is 374 g/mol. The third-order valence-electron chi connectivity index (χ3n) is 6.64. The minimum absolute atomic E-state index is 0.0458. The van der Waals surface area contributed by atoms with Gasteiger partial charge in [-0.15, -0.1) is 0 Å². The van der Waals surface area contributed by atoms with Crippen LogP contribution in [0.4, 0.5) is 0 Å². The fourth-order valence-electron chi connectivity index (χ4n) is 4.78. The number of carbonyl (C=O) groups is 1. The van der Waals surface area contributed by atoms with Crippen molar-refractivity contribution in [3.63, 3.8) is 0 Å². The zero-order valence-electron chi connectivity index (χ0n) is 17.8. The summed E-state index contributed by atoms with van der Waals surface area (Å²) in [6.07, 6.45) is 8.22. The van der Waals surface area contributed by atoms with Crippen LogP contribution in [-0.4, -0.2) is 23.5 Å². The molecule has 0 unspecified atom stereocenters. The van der Waals surface area contributed by atoms with E-state index in [4.69, 9.17) is 9.47 Å². The molecule has 0 atom stereocenters. The Morgan fingerprint density at radius 2 is 1.80 bits per heavy atom. The molecule has 3 aliphatic rings. The van der Waals surface area contributed by atoms with Crippen LogP contribution in [0.2, 0.25) is 0 Å². The van der Waals surface area contributed by atoms with Crippen LogP contribution in [0.1, 0.15) is 78.9 Å². The van der Waals surface area contributed by atoms with E-state index in [9.17, 15) is 4.79 Å². The molecule has 5 rings (SSSR count). The average molecular weight is 404 g/mol. The van der Waals surface area contributed by atoms with Gasteiger partial charge in [0, 0.05) is 12.6 Å². The van der Waals surface area contributed by atoms with Crippen molar-refractivity contribution in [2.45, 2.75) is 64.5 Å². The van der Waals surface area contributed by atoms with Crippen molar-refractivity contribution >= 4 is 11.9 Å². The fourth-order valence-corrected chi connectivity index (χ4v) is 4.78. The predicted octanol–water partition coefficient (Wildman–Crippen LogP) is 5.91. The highest BCUT2D eigenvalue weighted by molar-refractivity contribution is 6.15. The molecule has 0 N–H and O–H groups in total. The predicted molar refractivity (Wildman–Crippen MR) is 118 cm³/mol. The largest absolute Gasteiger partial charge is 0.478 e. The van der Waals surface area contributed by atoms with Crippen molar-refractivity contribution < 1.29 is 14.3 Å². The Kier molecular flexibility index (Phi) is 5.11. The van der Waals surface area contributed by atoms with Gasteiger partial charge in [0.15, 0.2) is 5.76 Å². The van der Waals surface area contributed by atoms with Crippen molar-refractivity contribution in [3.8, 4) is 11.5 Å². The van der Waals surface area contributed by atoms with Gasteiger partial charge in [-0.25, -0.2) is 0 Å². The number of ether oxygens (including phenoxy) is 2. The normalized spacial score (nSPS) is 20.8. The molecule has 2 aliphatic heterocycles. The van der Waals surface area contributed by atoms with Crippen molar-refractivity contribution in [1.29, 1.82) is 0 Å². The van der Waals surface area contributed by atoms with Gasteiger partial charge in [-0.1, -0.05) is 57.4 Å². The Morgan fingerprint density at radius 1 is 1.03 bits per heavy atom. The lowest BCUT2D eigenvalue weighted by molar-refractivity contribution is 0.0394. The van der Waals surface area contributed by atoms with Crippen molar-refractivity contribution in [3.05, 3.63) is 64.4 Å². The second kappa shape index (κ2) is 7.92. The number of rotatable bonds is 3. The van der Waals surface area contributed by atoms with Crippen LogP contribution in [0.5, 0.6) is 11.5 Å². The van der Waals surface area contributed by atoms with Gasteiger partial charge in [-0.05, 0) is 48.1 Å². The first-order chi connectivity index (χ1) is 14.6. The minimum atomic E-state index is -0.0458. The maximum absolute atomic E-state index is 13.0. The third kappa shape index (κ3) is 3.54. The third-order valence-corrected chi connectivity index (χ3v) is 6.64. The maximum atomic E-state index is 13.0. The van der Waals surface area contributed by atoms with Crippen LogP contribution in [0.15, 0.2) is 42.2 Å². The highest BCUT2D eigenvalue weighted by atomic mass is 16.5. The first-order valence-corrected chi connectivity index (χ1v) is 11.2. The molecule has 1 aliphatic carbocycles. The van der Waals surface area contributed by atoms with Gasteiger partial charge in [0.2, 0.25) is 5.78 Å². The summed E-state index contributed by atoms with van der Waals surface area (Å²) in [6.45, 7) is 5.76. The summed E-state index contributed by atoms with van der Waals surface area (Å²) in [7, 11) is 0. The SMILES string of the molecule is CC(C)c1ccc(/C=C2/Oc3c(ccc4c3CN(C3CCCCC3)CO4)C2=O)cc1. The number of ketones is 1. The smallest absolute Gasteiger partial charge is 0.231 e. The van der Waals surface area contributed by atoms with E-state index in [1.54, 1.807) is 0 Å². The molecule has 1 saturated carbocycles. The molecule has 4 nitrogen and oxygen atoms in total. The number of benzene rings is 2. The quantitative estimate of drug-likeness (QED) is 0.597. The molecule has 0 radical (unpaired) electrons. The van der Waals surface area contributed by atoms with Gasteiger partial charge in [0.1, 0.15) is 18.2 Å². The van der Waals surface area contributed by atoms with Crippen LogP contribution in [-0.2, 0) is 6.54 Å². The Balaban J connectivity index is 1.41. The molecule has 0 aromatic heterocycles. The van der Waals surface area contributed by atoms with E-state index >= 15 is 0 Å². The molecule has 2 aromatic carbocycles. The van der Waals surface area contributed by atoms with Gasteiger partial charge < -0.3 is 9.47 Å². The van der Waals surface area contributed by atoms with Crippen molar-refractivity contribution in [2.75, 3.05) is 6.73 Å². The number of Topliss-reactive ketones (excluding diaryl/α,β-unsaturated/α-hetero) is 1. The Labute approximate surface area is 178 Å². The van der Waals surface area contributed by atoms with E-state index in [0.717, 1.165) is 23.4 Å². The summed E-state index contributed by atoms with van der Waals surface area (Å²) in [5, 5.41) is 0. The lowest BCUT2D eigenvalue weighted by Crippen LogP contribution is -2.41. The zero-order chi connectivity index (χ0) is 20.7. The fraction of sp³-hybridized carbons (Fsp3) is 0.423. The molecule has 30 heavy (non-hydrogen) atoms. The molecular formula is C26H29NO3. The van der Waals surface area contributed by atoms with Crippen LogP contribution in [0.3, 0.4) is 0 Å². The monoisotopic (exact) mass is 403 g/mol. The summed E-state index contributed by atoms with van der Waals surface area (Å²) in [5.41, 5.74) is 3.92. The highest BCUT2D eigenvalue weighted by Gasteiger charge is 2.35. The molecule has 156 valence electrons. The zero-order valence-corrected chi connectivity index (χ0v) is 17.8. The second-order valence-corrected chi connectivity index (χ2v) is 8.99. The van der Waals surface area contributed by atoms with Crippen LogP contribution in [0, 0.1) is 0 Å². The Morgan fingerprint density at radius 3 is 2.53 bits per heavy atom. The van der Waals surface area contributed by atoms with E-state index in [2.05, 4.69) is 30.9 Å². The molecule has 0 spiro atoms. The van der Waals surface area contributed by atoms with E-state index in [1.807, 2.05) is 30.3 Å². The molecule has 0 amide bonds. The number of hydrogen-bond acceptors (Lipinski definition) is 4. The minimum Gasteiger partial charge on any atom is -0.478 e. The van der Waals surface area contributed by atoms with Crippen LogP contribution < -0.4 is 9.47 Å². The van der Waals surface area contributed by atoms with Gasteiger partial charge in [-0.3, -0.25) is 9.69 Å². The number of allylic oxidation sites excluding steroid dienone is 1. The van der Waals surface area contributed by atoms with Crippen LogP contribution >= 0.6 is 0 Å². The highest BCUT2D eigenvalue weighted by Crippen LogP contribution is 2.43. The molecule has 0 bridgehead atoms. The van der Waals surface area contributed by atoms with Crippen molar-refractivity contribution in [1.82, 2.24) is 4.90 Å². The summed E-state index contributed by atoms with van der Waals surface area (Å²) < 4.78 is 12.2. The first-order valence-electron chi connectivity index (χ1n) is 11.2. The summed E-state index contributed by atoms with van der Waals surface area (Å²) in [6, 6.07) is 12.7. The lowest BCUT2D eigenvalue weighted by atomic mass is 9.93. The molecule has 1 fully saturated rings. The van der Waals surface area contributed by atoms with Gasteiger partial charge >= 0.3 is 0 Å². The number of nitrogens with zero attached hydrogens (tertiary/aromatic N) is 1. The number of carbonyl (C=O) groups excluding carboxylic acids is 1. The van der Waals surface area contributed by atoms with E-state index in [-0.39, 0.29) is 5.78 Å². The van der Waals surface area contributed by atoms with Crippen LogP contribution in [0.25, 0.3) is 6.08 Å². The van der Waals surface area contributed by atoms with Gasteiger partial charge in [-0.2, -0.15) is 0 Å². The summed E-state index contributed by atoms with van der Waals surface area (Å²) in [4.78, 5) is 15.4. The number of fused-ring (bicyclic) bond motifs is 3. The summed E-state index contributed by atoms with van der Waals surface area (Å²) >= 11 is 0. The molecule has 2 aromatic rings. The number of hydrogen-bond donors (Lipinski definition) is 0. The van der Waals surface area contributed by atoms with Crippen molar-refractivity contribution in [2.24, 2.45) is 0 Å². The first kappa shape index (κ1) is 19.4. The Bertz CT molecular complexity index is 984. The molecule has 4 heteroatoms. The van der Waals surface area contributed by atoms with Gasteiger partial charge in [0.05, 0.1) is 11.1 Å². The van der Waals surface area contributed by atoms with E-state index in [0.29, 0.717) is 35.8 Å².